The van der Waals surface area contributed by atoms with E-state index >= 15 is 0 Å². The van der Waals surface area contributed by atoms with E-state index in [-0.39, 0.29) is 0 Å². The van der Waals surface area contributed by atoms with Crippen LogP contribution in [0.25, 0.3) is 0 Å². The average molecular weight is 814 g/mol. The van der Waals surface area contributed by atoms with E-state index < -0.39 is 0 Å². The Bertz CT molecular complexity index is 863. The van der Waals surface area contributed by atoms with Crippen molar-refractivity contribution in [1.29, 1.82) is 0 Å². The third kappa shape index (κ3) is 28.8. The second-order valence-electron chi connectivity index (χ2n) is 14.6. The molecule has 0 amide bonds. The van der Waals surface area contributed by atoms with Crippen LogP contribution in [0.15, 0.2) is 32.7 Å². The molecule has 0 atom stereocenters. The molecule has 0 aliphatic carbocycles. The van der Waals surface area contributed by atoms with E-state index in [0.717, 1.165) is 0 Å². The Morgan fingerprint density at radius 1 is 0.347 bits per heavy atom. The average Bonchev–Trinajstić information content (AvgIpc) is 3.76. The summed E-state index contributed by atoms with van der Waals surface area (Å²) in [7, 11) is 0. The van der Waals surface area contributed by atoms with Gasteiger partial charge in [0.2, 0.25) is 0 Å². The number of thioether (sulfide) groups is 2. The van der Waals surface area contributed by atoms with Gasteiger partial charge in [0.1, 0.15) is 0 Å². The molecule has 5 heteroatoms. The molecule has 2 rings (SSSR count). The van der Waals surface area contributed by atoms with Gasteiger partial charge in [-0.1, -0.05) is 129 Å². The monoisotopic (exact) mass is 814 g/mol. The van der Waals surface area contributed by atoms with Crippen LogP contribution in [0.5, 0.6) is 0 Å². The fourth-order valence-corrected chi connectivity index (χ4v) is 15.1. The van der Waals surface area contributed by atoms with Gasteiger partial charge >= 0.3 is 203 Å². The van der Waals surface area contributed by atoms with Crippen molar-refractivity contribution in [3.05, 3.63) is 24.3 Å². The summed E-state index contributed by atoms with van der Waals surface area (Å²) < 4.78 is 6.26. The van der Waals surface area contributed by atoms with Crippen LogP contribution in [0.4, 0.5) is 0 Å². The Hall–Kier alpha value is 0.619. The fourth-order valence-electron chi connectivity index (χ4n) is 6.62. The van der Waals surface area contributed by atoms with Crippen molar-refractivity contribution in [2.75, 3.05) is 11.5 Å². The second kappa shape index (κ2) is 35.6. The first-order chi connectivity index (χ1) is 24.3. The number of hydrogen-bond acceptors (Lipinski definition) is 4. The molecular formula is C44H78S4Se. The summed E-state index contributed by atoms with van der Waals surface area (Å²) in [4.78, 5) is 0. The zero-order valence-electron chi connectivity index (χ0n) is 32.4. The van der Waals surface area contributed by atoms with Gasteiger partial charge in [-0.15, -0.1) is 0 Å². The number of rotatable bonds is 38. The van der Waals surface area contributed by atoms with E-state index in [9.17, 15) is 0 Å². The van der Waals surface area contributed by atoms with Crippen LogP contribution < -0.4 is 7.55 Å². The second-order valence-corrected chi connectivity index (χ2v) is 23.0. The molecular weight excluding hydrogens is 736 g/mol. The summed E-state index contributed by atoms with van der Waals surface area (Å²) >= 11 is 8.79. The van der Waals surface area contributed by atoms with Gasteiger partial charge in [0.25, 0.3) is 0 Å². The van der Waals surface area contributed by atoms with E-state index in [1.54, 1.807) is 7.55 Å². The van der Waals surface area contributed by atoms with Gasteiger partial charge in [-0.05, 0) is 0 Å². The van der Waals surface area contributed by atoms with Crippen LogP contribution in [0, 0.1) is 0 Å². The molecule has 49 heavy (non-hydrogen) atoms. The minimum atomic E-state index is 0.482. The first kappa shape index (κ1) is 45.8. The predicted molar refractivity (Wildman–Crippen MR) is 234 cm³/mol. The van der Waals surface area contributed by atoms with Gasteiger partial charge < -0.3 is 0 Å². The quantitative estimate of drug-likeness (QED) is 0.0376. The minimum absolute atomic E-state index is 0.482. The molecule has 0 aliphatic heterocycles. The Balaban J connectivity index is 1.34. The van der Waals surface area contributed by atoms with Crippen molar-refractivity contribution in [2.45, 2.75) is 228 Å². The van der Waals surface area contributed by atoms with Crippen molar-refractivity contribution in [3.63, 3.8) is 0 Å². The van der Waals surface area contributed by atoms with Gasteiger partial charge in [0.05, 0.1) is 0 Å². The van der Waals surface area contributed by atoms with E-state index in [2.05, 4.69) is 84.3 Å². The molecule has 2 aromatic rings. The van der Waals surface area contributed by atoms with Gasteiger partial charge in [-0.3, -0.25) is 0 Å². The summed E-state index contributed by atoms with van der Waals surface area (Å²) in [6, 6.07) is 9.59. The van der Waals surface area contributed by atoms with E-state index in [1.807, 2.05) is 0 Å². The maximum absolute atomic E-state index is 2.41. The number of thiophene rings is 2. The number of unbranched alkanes of at least 4 members (excludes halogenated alkanes) is 30. The SMILES string of the molecule is CCCCCCCCCCCCCCCCCCSc1ccc([Se]c2ccc(SCCCCCCCCCCCCCCCCCC)s2)s1. The van der Waals surface area contributed by atoms with Crippen LogP contribution in [0.3, 0.4) is 0 Å². The van der Waals surface area contributed by atoms with Gasteiger partial charge in [0, 0.05) is 0 Å². The normalized spacial score (nSPS) is 11.6. The van der Waals surface area contributed by atoms with Crippen LogP contribution in [-0.4, -0.2) is 26.5 Å². The molecule has 0 aromatic carbocycles. The van der Waals surface area contributed by atoms with Crippen LogP contribution >= 0.6 is 46.2 Å². The summed E-state index contributed by atoms with van der Waals surface area (Å²) in [5, 5.41) is 0. The molecule has 0 fully saturated rings. The first-order valence-electron chi connectivity index (χ1n) is 21.4. The molecule has 0 radical (unpaired) electrons. The Morgan fingerprint density at radius 3 is 0.857 bits per heavy atom. The molecule has 0 unspecified atom stereocenters. The summed E-state index contributed by atoms with van der Waals surface area (Å²) in [5.74, 6) is 2.59. The third-order valence-electron chi connectivity index (χ3n) is 9.80. The van der Waals surface area contributed by atoms with Crippen molar-refractivity contribution in [3.8, 4) is 0 Å². The Labute approximate surface area is 329 Å². The van der Waals surface area contributed by atoms with Crippen molar-refractivity contribution >= 4 is 68.7 Å². The fraction of sp³-hybridized carbons (Fsp3) is 0.818. The first-order valence-corrected chi connectivity index (χ1v) is 26.8. The molecule has 0 saturated heterocycles. The van der Waals surface area contributed by atoms with Gasteiger partial charge in [-0.2, -0.15) is 0 Å². The van der Waals surface area contributed by atoms with Gasteiger partial charge in [-0.25, -0.2) is 0 Å². The van der Waals surface area contributed by atoms with Crippen LogP contribution in [0.1, 0.15) is 219 Å². The molecule has 284 valence electrons. The summed E-state index contributed by atoms with van der Waals surface area (Å²) in [6.07, 6.45) is 46.4. The van der Waals surface area contributed by atoms with Crippen molar-refractivity contribution < 1.29 is 0 Å². The van der Waals surface area contributed by atoms with Crippen molar-refractivity contribution in [2.24, 2.45) is 0 Å². The molecule has 0 bridgehead atoms. The third-order valence-corrected chi connectivity index (χ3v) is 17.5. The molecule has 2 heterocycles. The van der Waals surface area contributed by atoms with Gasteiger partial charge in [0.15, 0.2) is 0 Å². The standard InChI is InChI=1S/C44H78S4Se/c1-3-5-7-9-11-13-15-17-19-21-23-25-27-29-31-33-39-45-41-35-37-43(47-41)49-44-38-36-42(48-44)46-40-34-32-30-28-26-24-22-20-18-16-14-12-10-8-6-4-2/h35-38H,3-34,39-40H2,1-2H3. The van der Waals surface area contributed by atoms with Crippen molar-refractivity contribution in [1.82, 2.24) is 0 Å². The topological polar surface area (TPSA) is 0 Å². The molecule has 0 nitrogen and oxygen atoms in total. The zero-order chi connectivity index (χ0) is 34.7. The molecule has 0 N–H and O–H groups in total. The maximum atomic E-state index is 2.41. The zero-order valence-corrected chi connectivity index (χ0v) is 37.4. The molecule has 0 saturated carbocycles. The van der Waals surface area contributed by atoms with E-state index in [1.165, 1.54) is 225 Å². The number of hydrogen-bond donors (Lipinski definition) is 0. The van der Waals surface area contributed by atoms with E-state index in [0.29, 0.717) is 15.0 Å². The summed E-state index contributed by atoms with van der Waals surface area (Å²) in [5.41, 5.74) is 0. The van der Waals surface area contributed by atoms with E-state index in [4.69, 9.17) is 0 Å². The van der Waals surface area contributed by atoms with Crippen LogP contribution in [-0.2, 0) is 0 Å². The van der Waals surface area contributed by atoms with Crippen LogP contribution in [0.2, 0.25) is 0 Å². The Morgan fingerprint density at radius 2 is 0.592 bits per heavy atom. The molecule has 0 spiro atoms. The predicted octanol–water partition coefficient (Wildman–Crippen LogP) is 16.2. The molecule has 0 aliphatic rings. The summed E-state index contributed by atoms with van der Waals surface area (Å²) in [6.45, 7) is 4.62. The Kier molecular flexibility index (Phi) is 33.3. The molecule has 2 aromatic heterocycles.